The summed E-state index contributed by atoms with van der Waals surface area (Å²) in [5.41, 5.74) is 2.89. The van der Waals surface area contributed by atoms with Crippen LogP contribution in [0.2, 0.25) is 0 Å². The largest absolute Gasteiger partial charge is 0.497 e. The molecule has 3 nitrogen and oxygen atoms in total. The van der Waals surface area contributed by atoms with Crippen molar-refractivity contribution in [3.05, 3.63) is 95.6 Å². The fourth-order valence-corrected chi connectivity index (χ4v) is 3.77. The molecule has 0 fully saturated rings. The van der Waals surface area contributed by atoms with E-state index in [9.17, 15) is 5.11 Å². The molecule has 0 spiro atoms. The number of benzene rings is 3. The van der Waals surface area contributed by atoms with Gasteiger partial charge in [0.15, 0.2) is 0 Å². The van der Waals surface area contributed by atoms with Crippen LogP contribution in [0.4, 0.5) is 0 Å². The van der Waals surface area contributed by atoms with E-state index >= 15 is 0 Å². The van der Waals surface area contributed by atoms with Gasteiger partial charge in [-0.1, -0.05) is 54.6 Å². The van der Waals surface area contributed by atoms with E-state index in [0.717, 1.165) is 28.2 Å². The Kier molecular flexibility index (Phi) is 5.82. The van der Waals surface area contributed by atoms with Gasteiger partial charge in [0.05, 0.1) is 20.3 Å². The van der Waals surface area contributed by atoms with Crippen LogP contribution in [0.15, 0.2) is 78.9 Å². The zero-order valence-corrected chi connectivity index (χ0v) is 16.1. The van der Waals surface area contributed by atoms with Crippen molar-refractivity contribution in [1.29, 1.82) is 0 Å². The van der Waals surface area contributed by atoms with E-state index < -0.39 is 11.5 Å². The van der Waals surface area contributed by atoms with Crippen LogP contribution < -0.4 is 9.47 Å². The van der Waals surface area contributed by atoms with E-state index in [1.807, 2.05) is 49.4 Å². The van der Waals surface area contributed by atoms with Crippen molar-refractivity contribution in [3.63, 3.8) is 0 Å². The molecule has 1 unspecified atom stereocenters. The Hall–Kier alpha value is -2.78. The van der Waals surface area contributed by atoms with E-state index in [0.29, 0.717) is 6.42 Å². The molecule has 0 amide bonds. The standard InChI is InChI=1S/C24H26O3/c1-18(25)17-24(19-7-5-4-6-8-19,20-9-13-22(26-2)14-10-20)21-11-15-23(27-3)16-12-21/h4-16,18,25H,17H2,1-3H3. The molecule has 0 saturated carbocycles. The van der Waals surface area contributed by atoms with Gasteiger partial charge in [0, 0.05) is 5.41 Å². The van der Waals surface area contributed by atoms with Gasteiger partial charge in [-0.25, -0.2) is 0 Å². The normalized spacial score (nSPS) is 12.4. The number of hydrogen-bond donors (Lipinski definition) is 1. The van der Waals surface area contributed by atoms with Crippen LogP contribution in [-0.2, 0) is 5.41 Å². The molecule has 1 N–H and O–H groups in total. The van der Waals surface area contributed by atoms with Crippen molar-refractivity contribution >= 4 is 0 Å². The number of methoxy groups -OCH3 is 2. The number of aliphatic hydroxyl groups excluding tert-OH is 1. The molecule has 1 atom stereocenters. The third kappa shape index (κ3) is 3.83. The van der Waals surface area contributed by atoms with E-state index in [1.54, 1.807) is 14.2 Å². The monoisotopic (exact) mass is 362 g/mol. The van der Waals surface area contributed by atoms with Crippen LogP contribution in [0.25, 0.3) is 0 Å². The highest BCUT2D eigenvalue weighted by atomic mass is 16.5. The predicted molar refractivity (Wildman–Crippen MR) is 109 cm³/mol. The van der Waals surface area contributed by atoms with E-state index in [1.165, 1.54) is 0 Å². The van der Waals surface area contributed by atoms with Crippen molar-refractivity contribution < 1.29 is 14.6 Å². The molecule has 3 heteroatoms. The fraction of sp³-hybridized carbons (Fsp3) is 0.250. The third-order valence-corrected chi connectivity index (χ3v) is 5.03. The van der Waals surface area contributed by atoms with Gasteiger partial charge in [-0.2, -0.15) is 0 Å². The van der Waals surface area contributed by atoms with E-state index in [-0.39, 0.29) is 0 Å². The predicted octanol–water partition coefficient (Wildman–Crippen LogP) is 4.81. The Balaban J connectivity index is 2.26. The molecule has 0 aliphatic heterocycles. The molecule has 0 saturated heterocycles. The summed E-state index contributed by atoms with van der Waals surface area (Å²) in [7, 11) is 3.33. The minimum Gasteiger partial charge on any atom is -0.497 e. The van der Waals surface area contributed by atoms with Gasteiger partial charge in [-0.15, -0.1) is 0 Å². The second kappa shape index (κ2) is 8.28. The smallest absolute Gasteiger partial charge is 0.118 e. The van der Waals surface area contributed by atoms with Crippen LogP contribution in [0.1, 0.15) is 30.0 Å². The summed E-state index contributed by atoms with van der Waals surface area (Å²) < 4.78 is 10.7. The quantitative estimate of drug-likeness (QED) is 0.613. The zero-order valence-electron chi connectivity index (χ0n) is 16.1. The third-order valence-electron chi connectivity index (χ3n) is 5.03. The number of aliphatic hydroxyl groups is 1. The summed E-state index contributed by atoms with van der Waals surface area (Å²) in [5.74, 6) is 1.62. The summed E-state index contributed by atoms with van der Waals surface area (Å²) in [6.45, 7) is 1.84. The van der Waals surface area contributed by atoms with Crippen molar-refractivity contribution in [3.8, 4) is 11.5 Å². The van der Waals surface area contributed by atoms with Gasteiger partial charge >= 0.3 is 0 Å². The molecule has 0 aromatic heterocycles. The molecule has 140 valence electrons. The average Bonchev–Trinajstić information content (AvgIpc) is 2.73. The molecular formula is C24H26O3. The summed E-state index contributed by atoms with van der Waals surface area (Å²) in [5, 5.41) is 10.4. The minimum atomic E-state index is -0.478. The lowest BCUT2D eigenvalue weighted by Crippen LogP contribution is -2.33. The highest BCUT2D eigenvalue weighted by Crippen LogP contribution is 2.44. The Morgan fingerprint density at radius 2 is 1.11 bits per heavy atom. The van der Waals surface area contributed by atoms with Crippen LogP contribution in [0.3, 0.4) is 0 Å². The van der Waals surface area contributed by atoms with Crippen molar-refractivity contribution in [2.24, 2.45) is 0 Å². The number of ether oxygens (including phenoxy) is 2. The molecule has 3 aromatic rings. The first-order chi connectivity index (χ1) is 13.1. The van der Waals surface area contributed by atoms with Crippen LogP contribution >= 0.6 is 0 Å². The topological polar surface area (TPSA) is 38.7 Å². The first-order valence-corrected chi connectivity index (χ1v) is 9.13. The maximum Gasteiger partial charge on any atom is 0.118 e. The average molecular weight is 362 g/mol. The molecule has 0 aliphatic carbocycles. The Morgan fingerprint density at radius 1 is 0.704 bits per heavy atom. The van der Waals surface area contributed by atoms with E-state index in [4.69, 9.17) is 9.47 Å². The van der Waals surface area contributed by atoms with Crippen molar-refractivity contribution in [1.82, 2.24) is 0 Å². The molecule has 0 aliphatic rings. The molecule has 0 radical (unpaired) electrons. The highest BCUT2D eigenvalue weighted by molar-refractivity contribution is 5.52. The van der Waals surface area contributed by atoms with Crippen LogP contribution in [0, 0.1) is 0 Å². The maximum absolute atomic E-state index is 10.4. The molecular weight excluding hydrogens is 336 g/mol. The number of rotatable bonds is 7. The van der Waals surface area contributed by atoms with Gasteiger partial charge in [0.1, 0.15) is 11.5 Å². The van der Waals surface area contributed by atoms with Gasteiger partial charge in [0.25, 0.3) is 0 Å². The molecule has 0 bridgehead atoms. The maximum atomic E-state index is 10.4. The second-order valence-electron chi connectivity index (χ2n) is 6.78. The Morgan fingerprint density at radius 3 is 1.48 bits per heavy atom. The van der Waals surface area contributed by atoms with Crippen LogP contribution in [-0.4, -0.2) is 25.4 Å². The SMILES string of the molecule is COc1ccc(C(CC(C)O)(c2ccccc2)c2ccc(OC)cc2)cc1. The lowest BCUT2D eigenvalue weighted by atomic mass is 9.66. The van der Waals surface area contributed by atoms with Gasteiger partial charge in [0.2, 0.25) is 0 Å². The second-order valence-corrected chi connectivity index (χ2v) is 6.78. The van der Waals surface area contributed by atoms with Gasteiger partial charge in [-0.05, 0) is 54.3 Å². The molecule has 27 heavy (non-hydrogen) atoms. The summed E-state index contributed by atoms with van der Waals surface area (Å²) in [6, 6.07) is 26.5. The molecule has 3 rings (SSSR count). The molecule has 0 heterocycles. The Bertz CT molecular complexity index is 790. The van der Waals surface area contributed by atoms with Gasteiger partial charge < -0.3 is 14.6 Å². The molecule has 3 aromatic carbocycles. The highest BCUT2D eigenvalue weighted by Gasteiger charge is 2.37. The lowest BCUT2D eigenvalue weighted by molar-refractivity contribution is 0.166. The Labute approximate surface area is 161 Å². The minimum absolute atomic E-state index is 0.477. The lowest BCUT2D eigenvalue weighted by Gasteiger charge is -2.37. The van der Waals surface area contributed by atoms with E-state index in [2.05, 4.69) is 36.4 Å². The summed E-state index contributed by atoms with van der Waals surface area (Å²) >= 11 is 0. The summed E-state index contributed by atoms with van der Waals surface area (Å²) in [6.07, 6.45) is 0.0878. The van der Waals surface area contributed by atoms with Crippen LogP contribution in [0.5, 0.6) is 11.5 Å². The fourth-order valence-electron chi connectivity index (χ4n) is 3.77. The first kappa shape index (κ1) is 19.0. The van der Waals surface area contributed by atoms with Crippen molar-refractivity contribution in [2.75, 3.05) is 14.2 Å². The van der Waals surface area contributed by atoms with Gasteiger partial charge in [-0.3, -0.25) is 0 Å². The first-order valence-electron chi connectivity index (χ1n) is 9.13. The number of hydrogen-bond acceptors (Lipinski definition) is 3. The summed E-state index contributed by atoms with van der Waals surface area (Å²) in [4.78, 5) is 0. The van der Waals surface area contributed by atoms with Crippen molar-refractivity contribution in [2.45, 2.75) is 24.9 Å². The zero-order chi connectivity index (χ0) is 19.3.